The van der Waals surface area contributed by atoms with E-state index >= 15 is 0 Å². The Morgan fingerprint density at radius 3 is 2.76 bits per heavy atom. The van der Waals surface area contributed by atoms with Gasteiger partial charge in [-0.05, 0) is 31.7 Å². The molecule has 2 N–H and O–H groups in total. The fourth-order valence-corrected chi connectivity index (χ4v) is 3.50. The quantitative estimate of drug-likeness (QED) is 0.699. The first-order valence-electron chi connectivity index (χ1n) is 6.27. The first-order chi connectivity index (χ1) is 8.01. The van der Waals surface area contributed by atoms with Crippen LogP contribution in [0.2, 0.25) is 0 Å². The van der Waals surface area contributed by atoms with Crippen LogP contribution in [-0.2, 0) is 14.8 Å². The monoisotopic (exact) mass is 264 g/mol. The minimum atomic E-state index is -3.17. The second-order valence-electron chi connectivity index (χ2n) is 4.63. The average Bonchev–Trinajstić information content (AvgIpc) is 2.29. The van der Waals surface area contributed by atoms with Crippen LogP contribution in [0.15, 0.2) is 0 Å². The Bertz CT molecular complexity index is 319. The van der Waals surface area contributed by atoms with Gasteiger partial charge in [-0.2, -0.15) is 0 Å². The number of ether oxygens (including phenoxy) is 1. The number of hydrogen-bond donors (Lipinski definition) is 1. The van der Waals surface area contributed by atoms with E-state index in [1.165, 1.54) is 0 Å². The second-order valence-corrected chi connectivity index (χ2v) is 6.72. The minimum Gasteiger partial charge on any atom is -0.381 e. The zero-order chi connectivity index (χ0) is 12.9. The van der Waals surface area contributed by atoms with Crippen LogP contribution in [-0.4, -0.2) is 51.3 Å². The molecule has 0 aromatic rings. The molecule has 2 atom stereocenters. The van der Waals surface area contributed by atoms with Crippen LogP contribution < -0.4 is 5.73 Å². The van der Waals surface area contributed by atoms with E-state index in [9.17, 15) is 8.42 Å². The molecule has 1 heterocycles. The third-order valence-corrected chi connectivity index (χ3v) is 5.26. The van der Waals surface area contributed by atoms with Gasteiger partial charge in [0.2, 0.25) is 10.0 Å². The molecule has 1 saturated heterocycles. The molecule has 0 aromatic heterocycles. The van der Waals surface area contributed by atoms with Gasteiger partial charge < -0.3 is 10.5 Å². The molecule has 1 rings (SSSR count). The van der Waals surface area contributed by atoms with E-state index in [2.05, 4.69) is 6.92 Å². The van der Waals surface area contributed by atoms with Crippen LogP contribution >= 0.6 is 0 Å². The van der Waals surface area contributed by atoms with Crippen molar-refractivity contribution < 1.29 is 13.2 Å². The summed E-state index contributed by atoms with van der Waals surface area (Å²) in [6, 6.07) is 0. The van der Waals surface area contributed by atoms with Gasteiger partial charge in [0.25, 0.3) is 0 Å². The molecule has 0 aromatic carbocycles. The van der Waals surface area contributed by atoms with Gasteiger partial charge in [0, 0.05) is 19.7 Å². The average molecular weight is 264 g/mol. The zero-order valence-corrected chi connectivity index (χ0v) is 11.6. The zero-order valence-electron chi connectivity index (χ0n) is 10.8. The Hall–Kier alpha value is -0.170. The van der Waals surface area contributed by atoms with Crippen molar-refractivity contribution in [3.05, 3.63) is 0 Å². The maximum atomic E-state index is 12.0. The molecule has 102 valence electrons. The lowest BCUT2D eigenvalue weighted by Crippen LogP contribution is -2.46. The molecule has 0 saturated carbocycles. The van der Waals surface area contributed by atoms with Gasteiger partial charge in [-0.25, -0.2) is 12.7 Å². The number of hydrogen-bond acceptors (Lipinski definition) is 4. The third-order valence-electron chi connectivity index (χ3n) is 3.46. The Balaban J connectivity index is 2.54. The van der Waals surface area contributed by atoms with Crippen LogP contribution in [0.4, 0.5) is 0 Å². The summed E-state index contributed by atoms with van der Waals surface area (Å²) < 4.78 is 30.7. The highest BCUT2D eigenvalue weighted by Crippen LogP contribution is 2.24. The van der Waals surface area contributed by atoms with Crippen molar-refractivity contribution in [2.45, 2.75) is 20.3 Å². The molecule has 1 aliphatic rings. The number of nitrogens with zero attached hydrogens (tertiary/aromatic N) is 1. The van der Waals surface area contributed by atoms with E-state index in [1.54, 1.807) is 4.31 Å². The van der Waals surface area contributed by atoms with Crippen LogP contribution in [0, 0.1) is 11.8 Å². The van der Waals surface area contributed by atoms with Gasteiger partial charge in [-0.1, -0.05) is 6.92 Å². The molecular formula is C11H24N2O3S. The normalized spacial score (nSPS) is 27.2. The fraction of sp³-hybridized carbons (Fsp3) is 1.00. The van der Waals surface area contributed by atoms with Crippen LogP contribution in [0.5, 0.6) is 0 Å². The molecule has 17 heavy (non-hydrogen) atoms. The molecule has 0 spiro atoms. The van der Waals surface area contributed by atoms with Crippen molar-refractivity contribution >= 4 is 10.0 Å². The van der Waals surface area contributed by atoms with E-state index in [4.69, 9.17) is 10.5 Å². The van der Waals surface area contributed by atoms with Gasteiger partial charge in [-0.15, -0.1) is 0 Å². The van der Waals surface area contributed by atoms with Crippen molar-refractivity contribution in [3.8, 4) is 0 Å². The number of sulfonamides is 1. The first-order valence-corrected chi connectivity index (χ1v) is 7.87. The van der Waals surface area contributed by atoms with Crippen molar-refractivity contribution in [3.63, 3.8) is 0 Å². The summed E-state index contributed by atoms with van der Waals surface area (Å²) in [6.45, 7) is 6.56. The lowest BCUT2D eigenvalue weighted by molar-refractivity contribution is 0.160. The molecule has 1 aliphatic heterocycles. The summed E-state index contributed by atoms with van der Waals surface area (Å²) in [6.07, 6.45) is 0.899. The standard InChI is InChI=1S/C11H24N2O3S/c1-3-16-6-7-17(14,15)13-5-4-10(2)11(8-12)9-13/h10-11H,3-9,12H2,1-2H3. The topological polar surface area (TPSA) is 72.6 Å². The number of piperidine rings is 1. The smallest absolute Gasteiger partial charge is 0.216 e. The van der Waals surface area contributed by atoms with Gasteiger partial charge in [0.05, 0.1) is 12.4 Å². The maximum Gasteiger partial charge on any atom is 0.216 e. The molecule has 1 fully saturated rings. The Morgan fingerprint density at radius 1 is 1.47 bits per heavy atom. The van der Waals surface area contributed by atoms with E-state index in [-0.39, 0.29) is 18.3 Å². The van der Waals surface area contributed by atoms with E-state index < -0.39 is 10.0 Å². The maximum absolute atomic E-state index is 12.0. The highest BCUT2D eigenvalue weighted by molar-refractivity contribution is 7.89. The predicted molar refractivity (Wildman–Crippen MR) is 68.2 cm³/mol. The van der Waals surface area contributed by atoms with Gasteiger partial charge in [0.1, 0.15) is 0 Å². The van der Waals surface area contributed by atoms with E-state index in [1.807, 2.05) is 6.92 Å². The van der Waals surface area contributed by atoms with Crippen LogP contribution in [0.25, 0.3) is 0 Å². The van der Waals surface area contributed by atoms with Crippen molar-refractivity contribution in [2.75, 3.05) is 38.6 Å². The van der Waals surface area contributed by atoms with Crippen molar-refractivity contribution in [1.82, 2.24) is 4.31 Å². The molecule has 0 aliphatic carbocycles. The predicted octanol–water partition coefficient (Wildman–Crippen LogP) is 0.269. The summed E-state index contributed by atoms with van der Waals surface area (Å²) in [5, 5.41) is 0. The molecule has 5 nitrogen and oxygen atoms in total. The molecule has 0 bridgehead atoms. The van der Waals surface area contributed by atoms with Crippen molar-refractivity contribution in [1.29, 1.82) is 0 Å². The number of rotatable bonds is 6. The Morgan fingerprint density at radius 2 is 2.18 bits per heavy atom. The molecule has 0 radical (unpaired) electrons. The Kier molecular flexibility index (Phi) is 5.85. The fourth-order valence-electron chi connectivity index (χ4n) is 2.11. The molecule has 0 amide bonds. The largest absolute Gasteiger partial charge is 0.381 e. The highest BCUT2D eigenvalue weighted by atomic mass is 32.2. The summed E-state index contributed by atoms with van der Waals surface area (Å²) in [5.74, 6) is 0.871. The lowest BCUT2D eigenvalue weighted by Gasteiger charge is -2.35. The van der Waals surface area contributed by atoms with Gasteiger partial charge in [-0.3, -0.25) is 0 Å². The summed E-state index contributed by atoms with van der Waals surface area (Å²) in [4.78, 5) is 0. The minimum absolute atomic E-state index is 0.0759. The Labute approximate surface area is 104 Å². The SMILES string of the molecule is CCOCCS(=O)(=O)N1CCC(C)C(CN)C1. The van der Waals surface area contributed by atoms with Crippen LogP contribution in [0.3, 0.4) is 0 Å². The van der Waals surface area contributed by atoms with Crippen molar-refractivity contribution in [2.24, 2.45) is 17.6 Å². The first kappa shape index (κ1) is 14.9. The summed E-state index contributed by atoms with van der Waals surface area (Å²) >= 11 is 0. The lowest BCUT2D eigenvalue weighted by atomic mass is 9.88. The third kappa shape index (κ3) is 4.21. The molecule has 2 unspecified atom stereocenters. The molecule has 6 heteroatoms. The highest BCUT2D eigenvalue weighted by Gasteiger charge is 2.31. The van der Waals surface area contributed by atoms with Gasteiger partial charge >= 0.3 is 0 Å². The second kappa shape index (κ2) is 6.68. The number of nitrogens with two attached hydrogens (primary N) is 1. The van der Waals surface area contributed by atoms with Gasteiger partial charge in [0.15, 0.2) is 0 Å². The van der Waals surface area contributed by atoms with E-state index in [0.29, 0.717) is 32.2 Å². The summed E-state index contributed by atoms with van der Waals surface area (Å²) in [7, 11) is -3.17. The molecular weight excluding hydrogens is 240 g/mol. The van der Waals surface area contributed by atoms with Crippen LogP contribution in [0.1, 0.15) is 20.3 Å². The summed E-state index contributed by atoms with van der Waals surface area (Å²) in [5.41, 5.74) is 5.67. The van der Waals surface area contributed by atoms with E-state index in [0.717, 1.165) is 6.42 Å².